The Bertz CT molecular complexity index is 777. The molecule has 0 unspecified atom stereocenters. The van der Waals surface area contributed by atoms with Crippen LogP contribution in [0, 0.1) is 0 Å². The number of hydrogen-bond acceptors (Lipinski definition) is 2. The van der Waals surface area contributed by atoms with Crippen molar-refractivity contribution < 1.29 is 9.59 Å². The summed E-state index contributed by atoms with van der Waals surface area (Å²) in [5.74, 6) is 0. The molecule has 0 aliphatic carbocycles. The molecule has 0 aromatic heterocycles. The number of anilines is 1. The summed E-state index contributed by atoms with van der Waals surface area (Å²) in [4.78, 5) is 28.1. The Kier molecular flexibility index (Phi) is 6.54. The first-order valence-corrected chi connectivity index (χ1v) is 9.38. The largest absolute Gasteiger partial charge is 0.338 e. The highest BCUT2D eigenvalue weighted by Gasteiger charge is 2.24. The van der Waals surface area contributed by atoms with Crippen LogP contribution in [-0.4, -0.2) is 54.6 Å². The molecule has 0 radical (unpaired) electrons. The zero-order chi connectivity index (χ0) is 19.1. The Morgan fingerprint density at radius 1 is 0.889 bits per heavy atom. The lowest BCUT2D eigenvalue weighted by atomic mass is 10.1. The standard InChI is InChI=1S/C20H23ClN4O2/c21-17-7-4-8-18(15-17)23-20(27)25-13-11-24(12-14-25)19(26)22-10-9-16-5-2-1-3-6-16/h1-8,15H,9-14H2,(H,22,26)(H,23,27). The van der Waals surface area contributed by atoms with Crippen LogP contribution in [0.2, 0.25) is 5.02 Å². The first-order chi connectivity index (χ1) is 13.1. The fourth-order valence-corrected chi connectivity index (χ4v) is 3.14. The molecule has 0 bridgehead atoms. The summed E-state index contributed by atoms with van der Waals surface area (Å²) in [5, 5.41) is 6.35. The van der Waals surface area contributed by atoms with Crippen molar-refractivity contribution in [3.8, 4) is 0 Å². The first-order valence-electron chi connectivity index (χ1n) is 9.00. The van der Waals surface area contributed by atoms with E-state index in [1.165, 1.54) is 5.56 Å². The number of halogens is 1. The number of rotatable bonds is 4. The van der Waals surface area contributed by atoms with Crippen LogP contribution < -0.4 is 10.6 Å². The van der Waals surface area contributed by atoms with Gasteiger partial charge in [-0.2, -0.15) is 0 Å². The quantitative estimate of drug-likeness (QED) is 0.845. The van der Waals surface area contributed by atoms with Gasteiger partial charge in [0.2, 0.25) is 0 Å². The molecule has 1 aliphatic rings. The molecule has 0 spiro atoms. The second-order valence-corrected chi connectivity index (χ2v) is 6.82. The van der Waals surface area contributed by atoms with Gasteiger partial charge in [-0.3, -0.25) is 0 Å². The highest BCUT2D eigenvalue weighted by Crippen LogP contribution is 2.15. The van der Waals surface area contributed by atoms with Gasteiger partial charge in [-0.25, -0.2) is 9.59 Å². The second-order valence-electron chi connectivity index (χ2n) is 6.38. The van der Waals surface area contributed by atoms with Crippen molar-refractivity contribution in [2.75, 3.05) is 38.0 Å². The Morgan fingerprint density at radius 2 is 1.56 bits per heavy atom. The van der Waals surface area contributed by atoms with E-state index in [1.54, 1.807) is 34.1 Å². The van der Waals surface area contributed by atoms with Crippen molar-refractivity contribution in [1.29, 1.82) is 0 Å². The van der Waals surface area contributed by atoms with Crippen LogP contribution in [0.5, 0.6) is 0 Å². The number of carbonyl (C=O) groups excluding carboxylic acids is 2. The number of nitrogens with one attached hydrogen (secondary N) is 2. The summed E-state index contributed by atoms with van der Waals surface area (Å²) in [7, 11) is 0. The number of amides is 4. The Morgan fingerprint density at radius 3 is 2.22 bits per heavy atom. The third-order valence-electron chi connectivity index (χ3n) is 4.46. The van der Waals surface area contributed by atoms with E-state index >= 15 is 0 Å². The summed E-state index contributed by atoms with van der Waals surface area (Å²) in [6.07, 6.45) is 0.800. The van der Waals surface area contributed by atoms with E-state index in [0.717, 1.165) is 6.42 Å². The van der Waals surface area contributed by atoms with Crippen LogP contribution in [0.3, 0.4) is 0 Å². The van der Waals surface area contributed by atoms with E-state index in [0.29, 0.717) is 43.4 Å². The van der Waals surface area contributed by atoms with Gasteiger partial charge in [0.05, 0.1) is 0 Å². The van der Waals surface area contributed by atoms with Gasteiger partial charge in [-0.15, -0.1) is 0 Å². The summed E-state index contributed by atoms with van der Waals surface area (Å²) < 4.78 is 0. The summed E-state index contributed by atoms with van der Waals surface area (Å²) in [5.41, 5.74) is 1.86. The van der Waals surface area contributed by atoms with Gasteiger partial charge < -0.3 is 20.4 Å². The van der Waals surface area contributed by atoms with E-state index in [4.69, 9.17) is 11.6 Å². The number of carbonyl (C=O) groups is 2. The molecular formula is C20H23ClN4O2. The molecule has 1 heterocycles. The fraction of sp³-hybridized carbons (Fsp3) is 0.300. The van der Waals surface area contributed by atoms with Crippen LogP contribution in [0.15, 0.2) is 54.6 Å². The molecule has 3 rings (SSSR count). The summed E-state index contributed by atoms with van der Waals surface area (Å²) >= 11 is 5.93. The predicted octanol–water partition coefficient (Wildman–Crippen LogP) is 3.44. The van der Waals surface area contributed by atoms with Gasteiger partial charge in [0.1, 0.15) is 0 Å². The van der Waals surface area contributed by atoms with Crippen LogP contribution in [0.4, 0.5) is 15.3 Å². The van der Waals surface area contributed by atoms with Gasteiger partial charge in [-0.1, -0.05) is 48.0 Å². The molecule has 7 heteroatoms. The molecule has 4 amide bonds. The predicted molar refractivity (Wildman–Crippen MR) is 107 cm³/mol. The molecule has 6 nitrogen and oxygen atoms in total. The third-order valence-corrected chi connectivity index (χ3v) is 4.70. The van der Waals surface area contributed by atoms with E-state index in [-0.39, 0.29) is 12.1 Å². The topological polar surface area (TPSA) is 64.7 Å². The lowest BCUT2D eigenvalue weighted by Gasteiger charge is -2.34. The van der Waals surface area contributed by atoms with Crippen molar-refractivity contribution in [2.45, 2.75) is 6.42 Å². The monoisotopic (exact) mass is 386 g/mol. The molecule has 0 saturated carbocycles. The number of benzene rings is 2. The fourth-order valence-electron chi connectivity index (χ4n) is 2.95. The van der Waals surface area contributed by atoms with E-state index in [1.807, 2.05) is 30.3 Å². The molecule has 1 saturated heterocycles. The van der Waals surface area contributed by atoms with Gasteiger partial charge >= 0.3 is 12.1 Å². The first kappa shape index (κ1) is 19.0. The maximum atomic E-state index is 12.3. The minimum Gasteiger partial charge on any atom is -0.338 e. The Hall–Kier alpha value is -2.73. The molecular weight excluding hydrogens is 364 g/mol. The van der Waals surface area contributed by atoms with E-state index in [9.17, 15) is 9.59 Å². The van der Waals surface area contributed by atoms with E-state index in [2.05, 4.69) is 10.6 Å². The minimum atomic E-state index is -0.179. The molecule has 2 aromatic carbocycles. The lowest BCUT2D eigenvalue weighted by Crippen LogP contribution is -2.54. The normalized spacial score (nSPS) is 14.0. The number of hydrogen-bond donors (Lipinski definition) is 2. The average Bonchev–Trinajstić information content (AvgIpc) is 2.69. The average molecular weight is 387 g/mol. The second kappa shape index (κ2) is 9.28. The number of nitrogens with zero attached hydrogens (tertiary/aromatic N) is 2. The van der Waals surface area contributed by atoms with Crippen molar-refractivity contribution in [3.63, 3.8) is 0 Å². The van der Waals surface area contributed by atoms with Gasteiger partial charge in [0.15, 0.2) is 0 Å². The van der Waals surface area contributed by atoms with Crippen LogP contribution >= 0.6 is 11.6 Å². The van der Waals surface area contributed by atoms with Gasteiger partial charge in [-0.05, 0) is 30.2 Å². The molecule has 142 valence electrons. The van der Waals surface area contributed by atoms with Gasteiger partial charge in [0.25, 0.3) is 0 Å². The molecule has 27 heavy (non-hydrogen) atoms. The number of piperazine rings is 1. The van der Waals surface area contributed by atoms with Crippen LogP contribution in [-0.2, 0) is 6.42 Å². The maximum Gasteiger partial charge on any atom is 0.321 e. The lowest BCUT2D eigenvalue weighted by molar-refractivity contribution is 0.149. The molecule has 1 aliphatic heterocycles. The Balaban J connectivity index is 1.40. The minimum absolute atomic E-state index is 0.0826. The zero-order valence-corrected chi connectivity index (χ0v) is 15.8. The summed E-state index contributed by atoms with van der Waals surface area (Å²) in [6, 6.07) is 16.8. The zero-order valence-electron chi connectivity index (χ0n) is 15.0. The van der Waals surface area contributed by atoms with Crippen LogP contribution in [0.1, 0.15) is 5.56 Å². The number of urea groups is 2. The van der Waals surface area contributed by atoms with Crippen molar-refractivity contribution in [2.24, 2.45) is 0 Å². The molecule has 0 atom stereocenters. The van der Waals surface area contributed by atoms with Crippen molar-refractivity contribution in [3.05, 3.63) is 65.2 Å². The molecule has 2 aromatic rings. The highest BCUT2D eigenvalue weighted by atomic mass is 35.5. The maximum absolute atomic E-state index is 12.3. The SMILES string of the molecule is O=C(NCCc1ccccc1)N1CCN(C(=O)Nc2cccc(Cl)c2)CC1. The van der Waals surface area contributed by atoms with E-state index < -0.39 is 0 Å². The smallest absolute Gasteiger partial charge is 0.321 e. The van der Waals surface area contributed by atoms with Crippen molar-refractivity contribution >= 4 is 29.4 Å². The molecule has 2 N–H and O–H groups in total. The Labute approximate surface area is 164 Å². The highest BCUT2D eigenvalue weighted by molar-refractivity contribution is 6.30. The van der Waals surface area contributed by atoms with Crippen molar-refractivity contribution in [1.82, 2.24) is 15.1 Å². The third kappa shape index (κ3) is 5.62. The van der Waals surface area contributed by atoms with Gasteiger partial charge in [0, 0.05) is 43.4 Å². The molecule has 1 fully saturated rings. The van der Waals surface area contributed by atoms with Crippen LogP contribution in [0.25, 0.3) is 0 Å². The summed E-state index contributed by atoms with van der Waals surface area (Å²) in [6.45, 7) is 2.62.